The summed E-state index contributed by atoms with van der Waals surface area (Å²) in [5.74, 6) is 0.874. The Morgan fingerprint density at radius 2 is 1.83 bits per heavy atom. The van der Waals surface area contributed by atoms with Gasteiger partial charge in [0.25, 0.3) is 0 Å². The molecule has 5 heteroatoms. The van der Waals surface area contributed by atoms with Crippen LogP contribution in [0.25, 0.3) is 0 Å². The normalized spacial score (nSPS) is 10.2. The van der Waals surface area contributed by atoms with Crippen molar-refractivity contribution < 1.29 is 18.7 Å². The number of hydrogen-bond donors (Lipinski definition) is 1. The number of halogens is 1. The fourth-order valence-corrected chi connectivity index (χ4v) is 2.28. The third-order valence-corrected chi connectivity index (χ3v) is 3.44. The molecule has 0 fully saturated rings. The molecular formula is C18H20FNO3. The van der Waals surface area contributed by atoms with E-state index in [1.807, 2.05) is 18.2 Å². The van der Waals surface area contributed by atoms with E-state index in [1.54, 1.807) is 26.4 Å². The first-order chi connectivity index (χ1) is 11.1. The van der Waals surface area contributed by atoms with Crippen molar-refractivity contribution in [2.45, 2.75) is 12.8 Å². The fraction of sp³-hybridized carbons (Fsp3) is 0.278. The summed E-state index contributed by atoms with van der Waals surface area (Å²) >= 11 is 0. The van der Waals surface area contributed by atoms with Gasteiger partial charge in [0.05, 0.1) is 20.6 Å². The first kappa shape index (κ1) is 16.8. The van der Waals surface area contributed by atoms with Crippen molar-refractivity contribution in [3.8, 4) is 11.5 Å². The lowest BCUT2D eigenvalue weighted by Crippen LogP contribution is -2.27. The van der Waals surface area contributed by atoms with Crippen LogP contribution in [-0.2, 0) is 17.6 Å². The van der Waals surface area contributed by atoms with Crippen LogP contribution in [-0.4, -0.2) is 26.7 Å². The predicted molar refractivity (Wildman–Crippen MR) is 86.4 cm³/mol. The molecule has 2 rings (SSSR count). The summed E-state index contributed by atoms with van der Waals surface area (Å²) in [6.45, 7) is 0.504. The minimum absolute atomic E-state index is 0.129. The minimum Gasteiger partial charge on any atom is -0.493 e. The molecule has 0 aliphatic heterocycles. The highest BCUT2D eigenvalue weighted by Crippen LogP contribution is 2.27. The molecule has 0 unspecified atom stereocenters. The lowest BCUT2D eigenvalue weighted by Gasteiger charge is -2.10. The van der Waals surface area contributed by atoms with Gasteiger partial charge >= 0.3 is 0 Å². The fourth-order valence-electron chi connectivity index (χ4n) is 2.28. The highest BCUT2D eigenvalue weighted by molar-refractivity contribution is 5.78. The molecule has 0 saturated carbocycles. The van der Waals surface area contributed by atoms with Crippen LogP contribution in [0.1, 0.15) is 11.1 Å². The lowest BCUT2D eigenvalue weighted by atomic mass is 10.1. The summed E-state index contributed by atoms with van der Waals surface area (Å²) in [6.07, 6.45) is 0.846. The Morgan fingerprint density at radius 3 is 2.52 bits per heavy atom. The van der Waals surface area contributed by atoms with E-state index in [4.69, 9.17) is 9.47 Å². The first-order valence-electron chi connectivity index (χ1n) is 7.34. The molecule has 0 radical (unpaired) electrons. The van der Waals surface area contributed by atoms with E-state index in [-0.39, 0.29) is 18.1 Å². The van der Waals surface area contributed by atoms with Gasteiger partial charge in [0, 0.05) is 6.54 Å². The molecule has 0 atom stereocenters. The summed E-state index contributed by atoms with van der Waals surface area (Å²) in [4.78, 5) is 11.9. The average Bonchev–Trinajstić information content (AvgIpc) is 2.54. The third kappa shape index (κ3) is 4.98. The Labute approximate surface area is 135 Å². The van der Waals surface area contributed by atoms with Crippen molar-refractivity contribution in [1.29, 1.82) is 0 Å². The molecule has 0 heterocycles. The maximum absolute atomic E-state index is 13.1. The van der Waals surface area contributed by atoms with Crippen LogP contribution >= 0.6 is 0 Å². The quantitative estimate of drug-likeness (QED) is 0.854. The van der Waals surface area contributed by atoms with E-state index in [2.05, 4.69) is 5.32 Å². The summed E-state index contributed by atoms with van der Waals surface area (Å²) in [6, 6.07) is 11.7. The molecule has 2 aromatic carbocycles. The van der Waals surface area contributed by atoms with Crippen LogP contribution in [0, 0.1) is 5.82 Å². The average molecular weight is 317 g/mol. The van der Waals surface area contributed by atoms with Gasteiger partial charge in [0.2, 0.25) is 5.91 Å². The van der Waals surface area contributed by atoms with Gasteiger partial charge in [0.15, 0.2) is 11.5 Å². The van der Waals surface area contributed by atoms with Crippen LogP contribution in [0.5, 0.6) is 11.5 Å². The Balaban J connectivity index is 1.83. The van der Waals surface area contributed by atoms with Crippen molar-refractivity contribution in [2.24, 2.45) is 0 Å². The van der Waals surface area contributed by atoms with Crippen molar-refractivity contribution in [3.63, 3.8) is 0 Å². The smallest absolute Gasteiger partial charge is 0.224 e. The van der Waals surface area contributed by atoms with Gasteiger partial charge in [0.1, 0.15) is 5.82 Å². The standard InChI is InChI=1S/C18H20FNO3/c1-22-16-7-6-13(11-17(16)23-2)8-9-20-18(21)12-14-4-3-5-15(19)10-14/h3-7,10-11H,8-9,12H2,1-2H3,(H,20,21). The molecule has 4 nitrogen and oxygen atoms in total. The van der Waals surface area contributed by atoms with E-state index in [9.17, 15) is 9.18 Å². The lowest BCUT2D eigenvalue weighted by molar-refractivity contribution is -0.120. The maximum atomic E-state index is 13.1. The summed E-state index contributed by atoms with van der Waals surface area (Å²) in [7, 11) is 3.17. The van der Waals surface area contributed by atoms with E-state index < -0.39 is 0 Å². The molecule has 0 spiro atoms. The van der Waals surface area contributed by atoms with Crippen LogP contribution in [0.2, 0.25) is 0 Å². The van der Waals surface area contributed by atoms with Gasteiger partial charge < -0.3 is 14.8 Å². The highest BCUT2D eigenvalue weighted by atomic mass is 19.1. The van der Waals surface area contributed by atoms with Gasteiger partial charge in [-0.3, -0.25) is 4.79 Å². The molecule has 0 saturated heterocycles. The molecule has 0 aliphatic rings. The highest BCUT2D eigenvalue weighted by Gasteiger charge is 2.06. The van der Waals surface area contributed by atoms with E-state index in [1.165, 1.54) is 12.1 Å². The molecule has 0 aromatic heterocycles. The number of ether oxygens (including phenoxy) is 2. The van der Waals surface area contributed by atoms with E-state index in [0.717, 1.165) is 5.56 Å². The number of hydrogen-bond acceptors (Lipinski definition) is 3. The molecule has 2 aromatic rings. The second-order valence-corrected chi connectivity index (χ2v) is 5.10. The van der Waals surface area contributed by atoms with Crippen LogP contribution in [0.15, 0.2) is 42.5 Å². The summed E-state index contributed by atoms with van der Waals surface area (Å²) in [5, 5.41) is 2.83. The third-order valence-electron chi connectivity index (χ3n) is 3.44. The Bertz CT molecular complexity index is 673. The zero-order valence-corrected chi connectivity index (χ0v) is 13.3. The molecule has 1 amide bonds. The van der Waals surface area contributed by atoms with Crippen molar-refractivity contribution in [2.75, 3.05) is 20.8 Å². The van der Waals surface area contributed by atoms with Gasteiger partial charge in [-0.2, -0.15) is 0 Å². The number of rotatable bonds is 7. The number of nitrogens with one attached hydrogen (secondary N) is 1. The van der Waals surface area contributed by atoms with Gasteiger partial charge in [-0.15, -0.1) is 0 Å². The van der Waals surface area contributed by atoms with Crippen LogP contribution < -0.4 is 14.8 Å². The predicted octanol–water partition coefficient (Wildman–Crippen LogP) is 2.74. The number of methoxy groups -OCH3 is 2. The largest absolute Gasteiger partial charge is 0.493 e. The molecular weight excluding hydrogens is 297 g/mol. The second kappa shape index (κ2) is 8.17. The van der Waals surface area contributed by atoms with Crippen LogP contribution in [0.4, 0.5) is 4.39 Å². The number of carbonyl (C=O) groups excluding carboxylic acids is 1. The topological polar surface area (TPSA) is 47.6 Å². The van der Waals surface area contributed by atoms with Gasteiger partial charge in [-0.05, 0) is 41.8 Å². The zero-order valence-electron chi connectivity index (χ0n) is 13.3. The Hall–Kier alpha value is -2.56. The number of amides is 1. The molecule has 122 valence electrons. The SMILES string of the molecule is COc1ccc(CCNC(=O)Cc2cccc(F)c2)cc1OC. The number of carbonyl (C=O) groups is 1. The van der Waals surface area contributed by atoms with Crippen molar-refractivity contribution >= 4 is 5.91 Å². The van der Waals surface area contributed by atoms with Gasteiger partial charge in [-0.25, -0.2) is 4.39 Å². The molecule has 0 aliphatic carbocycles. The monoisotopic (exact) mass is 317 g/mol. The van der Waals surface area contributed by atoms with E-state index >= 15 is 0 Å². The van der Waals surface area contributed by atoms with Crippen molar-refractivity contribution in [3.05, 3.63) is 59.4 Å². The van der Waals surface area contributed by atoms with Gasteiger partial charge in [-0.1, -0.05) is 18.2 Å². The van der Waals surface area contributed by atoms with Crippen molar-refractivity contribution in [1.82, 2.24) is 5.32 Å². The molecule has 23 heavy (non-hydrogen) atoms. The Kier molecular flexibility index (Phi) is 5.97. The second-order valence-electron chi connectivity index (χ2n) is 5.10. The Morgan fingerprint density at radius 1 is 1.04 bits per heavy atom. The van der Waals surface area contributed by atoms with Crippen LogP contribution in [0.3, 0.4) is 0 Å². The molecule has 0 bridgehead atoms. The summed E-state index contributed by atoms with van der Waals surface area (Å²) < 4.78 is 23.5. The summed E-state index contributed by atoms with van der Waals surface area (Å²) in [5.41, 5.74) is 1.70. The maximum Gasteiger partial charge on any atom is 0.224 e. The molecule has 1 N–H and O–H groups in total. The minimum atomic E-state index is -0.333. The zero-order chi connectivity index (χ0) is 16.7. The van der Waals surface area contributed by atoms with E-state index in [0.29, 0.717) is 30.0 Å². The number of benzene rings is 2. The first-order valence-corrected chi connectivity index (χ1v) is 7.34.